The van der Waals surface area contributed by atoms with Crippen LogP contribution < -0.4 is 15.5 Å². The van der Waals surface area contributed by atoms with Gasteiger partial charge < -0.3 is 15.5 Å². The summed E-state index contributed by atoms with van der Waals surface area (Å²) in [5.74, 6) is 1.83. The van der Waals surface area contributed by atoms with Crippen LogP contribution in [0.15, 0.2) is 23.3 Å². The molecule has 6 nitrogen and oxygen atoms in total. The maximum Gasteiger partial charge on any atom is 0.191 e. The van der Waals surface area contributed by atoms with Gasteiger partial charge in [-0.15, -0.1) is 24.0 Å². The minimum atomic E-state index is 0. The van der Waals surface area contributed by atoms with Crippen LogP contribution in [0.2, 0.25) is 0 Å². The van der Waals surface area contributed by atoms with Crippen LogP contribution in [0, 0.1) is 0 Å². The summed E-state index contributed by atoms with van der Waals surface area (Å²) in [7, 11) is 5.82. The number of aromatic nitrogens is 1. The molecule has 1 aliphatic heterocycles. The van der Waals surface area contributed by atoms with Crippen LogP contribution in [0.4, 0.5) is 5.82 Å². The summed E-state index contributed by atoms with van der Waals surface area (Å²) >= 11 is 0. The highest BCUT2D eigenvalue weighted by Gasteiger charge is 2.22. The first-order valence-electron chi connectivity index (χ1n) is 8.44. The lowest BCUT2D eigenvalue weighted by atomic mass is 10.2. The summed E-state index contributed by atoms with van der Waals surface area (Å²) in [6.07, 6.45) is 4.42. The van der Waals surface area contributed by atoms with Crippen molar-refractivity contribution in [2.45, 2.75) is 32.4 Å². The fourth-order valence-corrected chi connectivity index (χ4v) is 2.98. The van der Waals surface area contributed by atoms with E-state index in [2.05, 4.69) is 38.5 Å². The maximum atomic E-state index is 4.34. The van der Waals surface area contributed by atoms with Gasteiger partial charge in [-0.25, -0.2) is 4.98 Å². The first-order valence-corrected chi connectivity index (χ1v) is 8.44. The van der Waals surface area contributed by atoms with Crippen LogP contribution in [0.5, 0.6) is 0 Å². The molecule has 24 heavy (non-hydrogen) atoms. The minimum absolute atomic E-state index is 0. The van der Waals surface area contributed by atoms with Crippen molar-refractivity contribution in [1.29, 1.82) is 0 Å². The molecule has 7 heteroatoms. The van der Waals surface area contributed by atoms with Crippen molar-refractivity contribution in [3.63, 3.8) is 0 Å². The van der Waals surface area contributed by atoms with Gasteiger partial charge in [-0.3, -0.25) is 9.89 Å². The highest BCUT2D eigenvalue weighted by Crippen LogP contribution is 2.15. The molecule has 2 heterocycles. The average molecular weight is 446 g/mol. The van der Waals surface area contributed by atoms with E-state index in [1.807, 2.05) is 38.3 Å². The molecular weight excluding hydrogens is 415 g/mol. The minimum Gasteiger partial charge on any atom is -0.363 e. The van der Waals surface area contributed by atoms with E-state index in [1.165, 1.54) is 24.9 Å². The van der Waals surface area contributed by atoms with Gasteiger partial charge in [-0.1, -0.05) is 6.92 Å². The number of nitrogens with zero attached hydrogens (tertiary/aromatic N) is 4. The van der Waals surface area contributed by atoms with Crippen LogP contribution in [-0.4, -0.2) is 62.7 Å². The van der Waals surface area contributed by atoms with E-state index < -0.39 is 0 Å². The molecule has 0 spiro atoms. The molecule has 1 aliphatic rings. The Balaban J connectivity index is 0.00000288. The first kappa shape index (κ1) is 21.0. The Kier molecular flexibility index (Phi) is 9.35. The lowest BCUT2D eigenvalue weighted by molar-refractivity contribution is 0.267. The number of pyridine rings is 1. The van der Waals surface area contributed by atoms with Crippen LogP contribution in [0.1, 0.15) is 25.3 Å². The summed E-state index contributed by atoms with van der Waals surface area (Å²) in [5.41, 5.74) is 1.20. The highest BCUT2D eigenvalue weighted by atomic mass is 127. The lowest BCUT2D eigenvalue weighted by Crippen LogP contribution is -2.44. The van der Waals surface area contributed by atoms with Gasteiger partial charge in [0.1, 0.15) is 5.82 Å². The van der Waals surface area contributed by atoms with E-state index in [9.17, 15) is 0 Å². The van der Waals surface area contributed by atoms with Gasteiger partial charge >= 0.3 is 0 Å². The SMILES string of the molecule is CCN1CCCC1CNC(=NC)NCc1ccnc(N(C)C)c1.I. The Hall–Kier alpha value is -1.09. The van der Waals surface area contributed by atoms with Crippen molar-refractivity contribution >= 4 is 35.8 Å². The largest absolute Gasteiger partial charge is 0.363 e. The van der Waals surface area contributed by atoms with E-state index >= 15 is 0 Å². The van der Waals surface area contributed by atoms with E-state index in [0.29, 0.717) is 6.04 Å². The number of rotatable bonds is 6. The van der Waals surface area contributed by atoms with Gasteiger partial charge in [0.15, 0.2) is 5.96 Å². The number of aliphatic imine (C=N–C) groups is 1. The Bertz CT molecular complexity index is 520. The zero-order valence-corrected chi connectivity index (χ0v) is 17.6. The number of hydrogen-bond donors (Lipinski definition) is 2. The summed E-state index contributed by atoms with van der Waals surface area (Å²) in [6, 6.07) is 4.75. The second-order valence-electron chi connectivity index (χ2n) is 6.15. The molecule has 1 fully saturated rings. The van der Waals surface area contributed by atoms with Gasteiger partial charge in [-0.05, 0) is 43.6 Å². The van der Waals surface area contributed by atoms with E-state index in [-0.39, 0.29) is 24.0 Å². The van der Waals surface area contributed by atoms with Crippen molar-refractivity contribution in [3.8, 4) is 0 Å². The standard InChI is InChI=1S/C17H30N6.HI/c1-5-23-10-6-7-15(23)13-21-17(18-2)20-12-14-8-9-19-16(11-14)22(3)4;/h8-9,11,15H,5-7,10,12-13H2,1-4H3,(H2,18,20,21);1H. The molecule has 0 bridgehead atoms. The molecule has 0 saturated carbocycles. The predicted octanol–water partition coefficient (Wildman–Crippen LogP) is 1.91. The van der Waals surface area contributed by atoms with Crippen LogP contribution in [0.25, 0.3) is 0 Å². The molecule has 2 rings (SSSR count). The summed E-state index contributed by atoms with van der Waals surface area (Å²) in [6.45, 7) is 6.27. The summed E-state index contributed by atoms with van der Waals surface area (Å²) < 4.78 is 0. The number of likely N-dealkylation sites (N-methyl/N-ethyl adjacent to an activating group) is 1. The fraction of sp³-hybridized carbons (Fsp3) is 0.647. The van der Waals surface area contributed by atoms with Crippen LogP contribution >= 0.6 is 24.0 Å². The molecular formula is C17H31IN6. The molecule has 1 unspecified atom stereocenters. The van der Waals surface area contributed by atoms with E-state index in [1.54, 1.807) is 0 Å². The molecule has 1 aromatic rings. The van der Waals surface area contributed by atoms with Gasteiger partial charge in [0, 0.05) is 46.5 Å². The first-order chi connectivity index (χ1) is 11.1. The zero-order valence-electron chi connectivity index (χ0n) is 15.2. The average Bonchev–Trinajstić information content (AvgIpc) is 3.02. The second kappa shape index (κ2) is 10.7. The molecule has 1 aromatic heterocycles. The number of guanidine groups is 1. The maximum absolute atomic E-state index is 4.34. The third-order valence-electron chi connectivity index (χ3n) is 4.36. The van der Waals surface area contributed by atoms with Crippen molar-refractivity contribution in [3.05, 3.63) is 23.9 Å². The van der Waals surface area contributed by atoms with Crippen LogP contribution in [0.3, 0.4) is 0 Å². The summed E-state index contributed by atoms with van der Waals surface area (Å²) in [5, 5.41) is 6.84. The monoisotopic (exact) mass is 446 g/mol. The number of halogens is 1. The molecule has 0 aliphatic carbocycles. The smallest absolute Gasteiger partial charge is 0.191 e. The van der Waals surface area contributed by atoms with Crippen molar-refractivity contribution in [1.82, 2.24) is 20.5 Å². The third-order valence-corrected chi connectivity index (χ3v) is 4.36. The van der Waals surface area contributed by atoms with Gasteiger partial charge in [-0.2, -0.15) is 0 Å². The Morgan fingerprint density at radius 2 is 2.21 bits per heavy atom. The summed E-state index contributed by atoms with van der Waals surface area (Å²) in [4.78, 5) is 13.2. The third kappa shape index (κ3) is 6.08. The molecule has 136 valence electrons. The number of likely N-dealkylation sites (tertiary alicyclic amines) is 1. The predicted molar refractivity (Wildman–Crippen MR) is 112 cm³/mol. The van der Waals surface area contributed by atoms with Gasteiger partial charge in [0.2, 0.25) is 0 Å². The van der Waals surface area contributed by atoms with Crippen molar-refractivity contribution in [2.24, 2.45) is 4.99 Å². The Morgan fingerprint density at radius 3 is 2.88 bits per heavy atom. The van der Waals surface area contributed by atoms with E-state index in [4.69, 9.17) is 0 Å². The molecule has 1 atom stereocenters. The fourth-order valence-electron chi connectivity index (χ4n) is 2.98. The molecule has 2 N–H and O–H groups in total. The van der Waals surface area contributed by atoms with Crippen molar-refractivity contribution in [2.75, 3.05) is 45.7 Å². The molecule has 0 aromatic carbocycles. The van der Waals surface area contributed by atoms with Crippen LogP contribution in [-0.2, 0) is 6.54 Å². The number of nitrogens with one attached hydrogen (secondary N) is 2. The molecule has 1 saturated heterocycles. The molecule has 0 radical (unpaired) electrons. The number of hydrogen-bond acceptors (Lipinski definition) is 4. The van der Waals surface area contributed by atoms with E-state index in [0.717, 1.165) is 31.4 Å². The highest BCUT2D eigenvalue weighted by molar-refractivity contribution is 14.0. The topological polar surface area (TPSA) is 55.8 Å². The number of anilines is 1. The van der Waals surface area contributed by atoms with Crippen molar-refractivity contribution < 1.29 is 0 Å². The normalized spacial score (nSPS) is 18.2. The second-order valence-corrected chi connectivity index (χ2v) is 6.15. The quantitative estimate of drug-likeness (QED) is 0.397. The van der Waals surface area contributed by atoms with Gasteiger partial charge in [0.05, 0.1) is 0 Å². The van der Waals surface area contributed by atoms with Gasteiger partial charge in [0.25, 0.3) is 0 Å². The zero-order chi connectivity index (χ0) is 16.7. The lowest BCUT2D eigenvalue weighted by Gasteiger charge is -2.24. The Labute approximate surface area is 163 Å². The Morgan fingerprint density at radius 1 is 1.42 bits per heavy atom. The molecule has 0 amide bonds.